The highest BCUT2D eigenvalue weighted by Gasteiger charge is 2.55. The van der Waals surface area contributed by atoms with E-state index in [1.807, 2.05) is 0 Å². The number of aliphatic hydroxyl groups is 2. The van der Waals surface area contributed by atoms with E-state index in [2.05, 4.69) is 20.0 Å². The summed E-state index contributed by atoms with van der Waals surface area (Å²) in [5.74, 6) is 0.249. The van der Waals surface area contributed by atoms with Gasteiger partial charge in [-0.05, 0) is 10.9 Å². The fraction of sp³-hybridized carbons (Fsp3) is 0.455. The van der Waals surface area contributed by atoms with Gasteiger partial charge in [0, 0.05) is 10.5 Å². The van der Waals surface area contributed by atoms with Gasteiger partial charge in [0.1, 0.15) is 24.4 Å². The fourth-order valence-corrected chi connectivity index (χ4v) is 3.36. The van der Waals surface area contributed by atoms with E-state index in [0.717, 1.165) is 0 Å². The molecule has 9 nitrogen and oxygen atoms in total. The predicted octanol–water partition coefficient (Wildman–Crippen LogP) is 1.04. The molecule has 11 heteroatoms. The lowest BCUT2D eigenvalue weighted by Crippen LogP contribution is -2.43. The van der Waals surface area contributed by atoms with Crippen molar-refractivity contribution in [1.29, 1.82) is 0 Å². The third kappa shape index (κ3) is 1.99. The Morgan fingerprint density at radius 1 is 1.59 bits per heavy atom. The van der Waals surface area contributed by atoms with Crippen molar-refractivity contribution >= 4 is 27.4 Å². The lowest BCUT2D eigenvalue weighted by Gasteiger charge is -2.23. The van der Waals surface area contributed by atoms with Crippen LogP contribution in [0.15, 0.2) is 16.8 Å². The number of nitrogens with two attached hydrogens (primary N) is 1. The zero-order valence-corrected chi connectivity index (χ0v) is 11.8. The van der Waals surface area contributed by atoms with Crippen LogP contribution in [0.3, 0.4) is 0 Å². The third-order valence-corrected chi connectivity index (χ3v) is 4.55. The molecular formula is C11H11FN6O3S. The van der Waals surface area contributed by atoms with Crippen LogP contribution >= 0.6 is 11.3 Å². The molecule has 4 N–H and O–H groups in total. The molecule has 2 aromatic rings. The van der Waals surface area contributed by atoms with E-state index in [4.69, 9.17) is 16.0 Å². The standard InChI is InChI=1S/C11H11FN6O3S/c12-5-7(21-11(2-19,9(5)20)17-18-14)4-1-22-8-6(4)15-3-16-10(8)13/h1,3,5,7,9,19-20H,2H2,(H2,13,15,16)/t5-,7-,9-,11?/m0/s1. The molecule has 1 saturated heterocycles. The quantitative estimate of drug-likeness (QED) is 0.435. The van der Waals surface area contributed by atoms with Crippen molar-refractivity contribution < 1.29 is 19.3 Å². The molecule has 4 atom stereocenters. The van der Waals surface area contributed by atoms with Gasteiger partial charge in [-0.1, -0.05) is 5.11 Å². The Morgan fingerprint density at radius 3 is 3.05 bits per heavy atom. The molecule has 1 unspecified atom stereocenters. The van der Waals surface area contributed by atoms with Gasteiger partial charge in [-0.2, -0.15) is 0 Å². The van der Waals surface area contributed by atoms with Crippen molar-refractivity contribution in [3.05, 3.63) is 27.7 Å². The van der Waals surface area contributed by atoms with Crippen molar-refractivity contribution in [2.24, 2.45) is 5.11 Å². The summed E-state index contributed by atoms with van der Waals surface area (Å²) >= 11 is 1.21. The molecule has 0 saturated carbocycles. The lowest BCUT2D eigenvalue weighted by atomic mass is 10.0. The Morgan fingerprint density at radius 2 is 2.36 bits per heavy atom. The summed E-state index contributed by atoms with van der Waals surface area (Å²) in [6.45, 7) is -0.853. The number of thiophene rings is 1. The zero-order valence-electron chi connectivity index (χ0n) is 11.0. The number of hydrogen-bond acceptors (Lipinski definition) is 8. The van der Waals surface area contributed by atoms with Crippen LogP contribution < -0.4 is 5.73 Å². The summed E-state index contributed by atoms with van der Waals surface area (Å²) < 4.78 is 20.4. The SMILES string of the molecule is [N-]=[N+]=NC1(CO)O[C@@H](c2csc3c(N)ncnc23)[C@H](F)[C@@H]1O. The first kappa shape index (κ1) is 14.9. The molecule has 22 heavy (non-hydrogen) atoms. The van der Waals surface area contributed by atoms with Gasteiger partial charge in [0.15, 0.2) is 11.9 Å². The van der Waals surface area contributed by atoms with E-state index < -0.39 is 30.7 Å². The van der Waals surface area contributed by atoms with Gasteiger partial charge in [0.25, 0.3) is 0 Å². The van der Waals surface area contributed by atoms with Crippen LogP contribution in [0.2, 0.25) is 0 Å². The van der Waals surface area contributed by atoms with E-state index in [1.54, 1.807) is 5.38 Å². The van der Waals surface area contributed by atoms with Crippen molar-refractivity contribution in [1.82, 2.24) is 9.97 Å². The highest BCUT2D eigenvalue weighted by molar-refractivity contribution is 7.17. The number of fused-ring (bicyclic) bond motifs is 1. The van der Waals surface area contributed by atoms with Gasteiger partial charge >= 0.3 is 0 Å². The molecule has 0 aliphatic carbocycles. The molecule has 0 aromatic carbocycles. The first-order valence-electron chi connectivity index (χ1n) is 6.18. The van der Waals surface area contributed by atoms with Gasteiger partial charge in [-0.3, -0.25) is 0 Å². The van der Waals surface area contributed by atoms with Crippen molar-refractivity contribution in [2.45, 2.75) is 24.1 Å². The maximum atomic E-state index is 14.4. The highest BCUT2D eigenvalue weighted by atomic mass is 32.1. The zero-order chi connectivity index (χ0) is 15.9. The summed E-state index contributed by atoms with van der Waals surface area (Å²) in [6.07, 6.45) is -3.70. The van der Waals surface area contributed by atoms with Crippen LogP contribution in [0.5, 0.6) is 0 Å². The smallest absolute Gasteiger partial charge is 0.199 e. The summed E-state index contributed by atoms with van der Waals surface area (Å²) in [4.78, 5) is 10.4. The van der Waals surface area contributed by atoms with Crippen molar-refractivity contribution in [3.8, 4) is 0 Å². The Kier molecular flexibility index (Phi) is 3.59. The predicted molar refractivity (Wildman–Crippen MR) is 75.5 cm³/mol. The largest absolute Gasteiger partial charge is 0.393 e. The molecule has 1 fully saturated rings. The molecule has 0 spiro atoms. The Hall–Kier alpha value is -2.04. The third-order valence-electron chi connectivity index (χ3n) is 3.54. The van der Waals surface area contributed by atoms with Gasteiger partial charge in [0.2, 0.25) is 0 Å². The average Bonchev–Trinajstić information content (AvgIpc) is 3.04. The highest BCUT2D eigenvalue weighted by Crippen LogP contribution is 2.45. The van der Waals surface area contributed by atoms with Crippen LogP contribution in [-0.4, -0.2) is 44.8 Å². The lowest BCUT2D eigenvalue weighted by molar-refractivity contribution is -0.107. The van der Waals surface area contributed by atoms with Crippen LogP contribution in [-0.2, 0) is 4.74 Å². The van der Waals surface area contributed by atoms with Crippen LogP contribution in [0.1, 0.15) is 11.7 Å². The Balaban J connectivity index is 2.08. The van der Waals surface area contributed by atoms with E-state index in [0.29, 0.717) is 15.8 Å². The van der Waals surface area contributed by atoms with Crippen molar-refractivity contribution in [3.63, 3.8) is 0 Å². The number of hydrogen-bond donors (Lipinski definition) is 3. The molecule has 1 aliphatic rings. The summed E-state index contributed by atoms with van der Waals surface area (Å²) in [7, 11) is 0. The van der Waals surface area contributed by atoms with E-state index >= 15 is 0 Å². The molecule has 3 heterocycles. The Bertz CT molecular complexity index is 765. The second-order valence-electron chi connectivity index (χ2n) is 4.75. The Labute approximate surface area is 126 Å². The van der Waals surface area contributed by atoms with Crippen molar-refractivity contribution in [2.75, 3.05) is 12.3 Å². The van der Waals surface area contributed by atoms with Crippen LogP contribution in [0, 0.1) is 0 Å². The molecular weight excluding hydrogens is 315 g/mol. The maximum Gasteiger partial charge on any atom is 0.199 e. The number of halogens is 1. The fourth-order valence-electron chi connectivity index (χ4n) is 2.41. The second-order valence-corrected chi connectivity index (χ2v) is 5.63. The van der Waals surface area contributed by atoms with Crippen LogP contribution in [0.4, 0.5) is 10.2 Å². The van der Waals surface area contributed by atoms with Crippen LogP contribution in [0.25, 0.3) is 20.7 Å². The molecule has 0 amide bonds. The minimum atomic E-state index is -2.06. The topological polar surface area (TPSA) is 150 Å². The average molecular weight is 326 g/mol. The number of rotatable bonds is 3. The number of aromatic nitrogens is 2. The molecule has 1 aliphatic heterocycles. The molecule has 0 radical (unpaired) electrons. The van der Waals surface area contributed by atoms with Gasteiger partial charge in [0.05, 0.1) is 16.8 Å². The molecule has 116 valence electrons. The molecule has 0 bridgehead atoms. The van der Waals surface area contributed by atoms with Gasteiger partial charge in [-0.25, -0.2) is 14.4 Å². The second kappa shape index (κ2) is 5.30. The maximum absolute atomic E-state index is 14.4. The first-order chi connectivity index (χ1) is 10.5. The van der Waals surface area contributed by atoms with Gasteiger partial charge < -0.3 is 20.7 Å². The minimum absolute atomic E-state index is 0.249. The molecule has 2 aromatic heterocycles. The summed E-state index contributed by atoms with van der Waals surface area (Å²) in [5, 5.41) is 24.1. The molecule has 3 rings (SSSR count). The van der Waals surface area contributed by atoms with E-state index in [9.17, 15) is 14.6 Å². The number of ether oxygens (including phenoxy) is 1. The number of azide groups is 1. The number of nitrogens with zero attached hydrogens (tertiary/aromatic N) is 5. The number of anilines is 1. The number of alkyl halides is 1. The summed E-state index contributed by atoms with van der Waals surface area (Å²) in [6, 6.07) is 0. The first-order valence-corrected chi connectivity index (χ1v) is 7.06. The normalized spacial score (nSPS) is 31.3. The minimum Gasteiger partial charge on any atom is -0.393 e. The number of aliphatic hydroxyl groups excluding tert-OH is 2. The van der Waals surface area contributed by atoms with E-state index in [1.165, 1.54) is 17.7 Å². The summed E-state index contributed by atoms with van der Waals surface area (Å²) in [5.41, 5.74) is 13.0. The van der Waals surface area contributed by atoms with Gasteiger partial charge in [-0.15, -0.1) is 11.3 Å². The van der Waals surface area contributed by atoms with E-state index in [-0.39, 0.29) is 5.82 Å². The number of nitrogen functional groups attached to an aromatic ring is 1. The monoisotopic (exact) mass is 326 g/mol.